The number of carboxylic acid groups (broad SMARTS) is 1. The summed E-state index contributed by atoms with van der Waals surface area (Å²) in [6, 6.07) is 6.47. The zero-order valence-corrected chi connectivity index (χ0v) is 17.3. The van der Waals surface area contributed by atoms with Gasteiger partial charge < -0.3 is 5.48 Å². The van der Waals surface area contributed by atoms with Crippen LogP contribution in [0.15, 0.2) is 24.3 Å². The van der Waals surface area contributed by atoms with Crippen LogP contribution in [0.4, 0.5) is 0 Å². The summed E-state index contributed by atoms with van der Waals surface area (Å²) < 4.78 is 11.2. The van der Waals surface area contributed by atoms with E-state index in [4.69, 9.17) is 9.47 Å². The van der Waals surface area contributed by atoms with E-state index >= 15 is 0 Å². The standard InChI is InChI=1S/C13H16NO5.Hg.H2O/c1-9(18-2)7-14-13(17)10-5-3-4-6-11(10)19-8-12(15)16;;/h3-6,9H,1,7-8H2,2H3,(H,14,17)(H,15,16);;1H2/p-1. The number of carbonyl (C=O) groups excluding carboxylic acids is 2. The Morgan fingerprint density at radius 2 is 2.05 bits per heavy atom. The van der Waals surface area contributed by atoms with Gasteiger partial charge in [0.05, 0.1) is 0 Å². The first kappa shape index (κ1) is 19.8. The third-order valence-electron chi connectivity index (χ3n) is 2.62. The topological polar surface area (TPSA) is 119 Å². The van der Waals surface area contributed by atoms with Crippen LogP contribution >= 0.6 is 0 Å². The second kappa shape index (κ2) is 10.5. The minimum Gasteiger partial charge on any atom is -0.412 e. The van der Waals surface area contributed by atoms with Gasteiger partial charge in [-0.3, -0.25) is 0 Å². The van der Waals surface area contributed by atoms with Gasteiger partial charge in [-0.25, -0.2) is 0 Å². The Labute approximate surface area is 138 Å². The van der Waals surface area contributed by atoms with E-state index in [0.717, 1.165) is 3.93 Å². The molecule has 0 aliphatic heterocycles. The Balaban J connectivity index is 0.00000400. The molecular weight excluding hydrogens is 467 g/mol. The van der Waals surface area contributed by atoms with E-state index in [1.807, 2.05) is 0 Å². The molecule has 113 valence electrons. The molecule has 1 aromatic rings. The minimum atomic E-state index is -1.34. The normalized spacial score (nSPS) is 11.2. The third kappa shape index (κ3) is 6.88. The van der Waals surface area contributed by atoms with Crippen molar-refractivity contribution in [1.82, 2.24) is 5.32 Å². The van der Waals surface area contributed by atoms with Crippen LogP contribution in [-0.4, -0.2) is 43.7 Å². The van der Waals surface area contributed by atoms with Crippen LogP contribution in [0.5, 0.6) is 5.75 Å². The van der Waals surface area contributed by atoms with E-state index < -0.39 is 12.6 Å². The van der Waals surface area contributed by atoms with Crippen molar-refractivity contribution in [1.29, 1.82) is 0 Å². The fourth-order valence-corrected chi connectivity index (χ4v) is 3.23. The second-order valence-electron chi connectivity index (χ2n) is 4.01. The average molecular weight is 484 g/mol. The Morgan fingerprint density at radius 3 is 2.62 bits per heavy atom. The Bertz CT molecular complexity index is 464. The molecule has 0 aliphatic carbocycles. The first-order valence-corrected chi connectivity index (χ1v) is 9.99. The molecule has 3 N–H and O–H groups in total. The quantitative estimate of drug-likeness (QED) is 0.461. The molecule has 7 nitrogen and oxygen atoms in total. The summed E-state index contributed by atoms with van der Waals surface area (Å²) in [5.74, 6) is -1.43. The van der Waals surface area contributed by atoms with Crippen molar-refractivity contribution in [3.05, 3.63) is 29.8 Å². The monoisotopic (exact) mass is 485 g/mol. The van der Waals surface area contributed by atoms with Gasteiger partial charge >= 0.3 is 133 Å². The summed E-state index contributed by atoms with van der Waals surface area (Å²) in [6.07, 6.45) is 0.0265. The molecule has 1 amide bonds. The van der Waals surface area contributed by atoms with Gasteiger partial charge in [0, 0.05) is 0 Å². The van der Waals surface area contributed by atoms with Gasteiger partial charge in [-0.15, -0.1) is 0 Å². The summed E-state index contributed by atoms with van der Waals surface area (Å²) in [4.78, 5) is 22.5. The molecule has 0 radical (unpaired) electrons. The maximum Gasteiger partial charge on any atom is -0.412 e. The average Bonchev–Trinajstić information content (AvgIpc) is 2.46. The van der Waals surface area contributed by atoms with Gasteiger partial charge in [-0.05, 0) is 0 Å². The van der Waals surface area contributed by atoms with E-state index in [2.05, 4.69) is 5.32 Å². The molecule has 0 spiro atoms. The summed E-state index contributed by atoms with van der Waals surface area (Å²) in [6.45, 7) is -0.165. The molecule has 8 heteroatoms. The van der Waals surface area contributed by atoms with Crippen LogP contribution in [0.2, 0.25) is 3.93 Å². The van der Waals surface area contributed by atoms with Crippen molar-refractivity contribution < 1.29 is 55.8 Å². The number of benzene rings is 1. The van der Waals surface area contributed by atoms with E-state index in [-0.39, 0.29) is 23.2 Å². The molecule has 21 heavy (non-hydrogen) atoms. The summed E-state index contributed by atoms with van der Waals surface area (Å²) >= 11 is 0.598. The fourth-order valence-electron chi connectivity index (χ4n) is 1.52. The number of carboxylic acids is 1. The fraction of sp³-hybridized carbons (Fsp3) is 0.385. The molecular formula is C13H17HgNO6-. The van der Waals surface area contributed by atoms with Crippen LogP contribution in [0.1, 0.15) is 10.4 Å². The number of aliphatic carboxylic acids is 1. The van der Waals surface area contributed by atoms with Crippen molar-refractivity contribution in [2.45, 2.75) is 10.0 Å². The van der Waals surface area contributed by atoms with E-state index in [1.165, 1.54) is 0 Å². The van der Waals surface area contributed by atoms with Crippen molar-refractivity contribution >= 4 is 11.9 Å². The molecule has 0 saturated carbocycles. The first-order valence-electron chi connectivity index (χ1n) is 6.10. The Hall–Kier alpha value is -1.18. The summed E-state index contributed by atoms with van der Waals surface area (Å²) in [5.41, 5.74) is 0.293. The number of hydrogen-bond donors (Lipinski definition) is 1. The van der Waals surface area contributed by atoms with E-state index in [9.17, 15) is 14.7 Å². The van der Waals surface area contributed by atoms with Gasteiger partial charge in [-0.2, -0.15) is 0 Å². The van der Waals surface area contributed by atoms with Crippen molar-refractivity contribution in [3.63, 3.8) is 0 Å². The van der Waals surface area contributed by atoms with Gasteiger partial charge in [0.1, 0.15) is 0 Å². The Kier molecular flexibility index (Phi) is 9.93. The zero-order valence-electron chi connectivity index (χ0n) is 11.8. The van der Waals surface area contributed by atoms with Crippen LogP contribution in [0.3, 0.4) is 0 Å². The van der Waals surface area contributed by atoms with Crippen LogP contribution < -0.4 is 15.2 Å². The van der Waals surface area contributed by atoms with E-state index in [0.29, 0.717) is 38.2 Å². The number of para-hydroxylation sites is 1. The van der Waals surface area contributed by atoms with Gasteiger partial charge in [0.15, 0.2) is 0 Å². The van der Waals surface area contributed by atoms with Crippen molar-refractivity contribution in [3.8, 4) is 5.75 Å². The van der Waals surface area contributed by atoms with Gasteiger partial charge in [0.2, 0.25) is 0 Å². The number of hydrogen-bond acceptors (Lipinski definition) is 5. The predicted octanol–water partition coefficient (Wildman–Crippen LogP) is -1.30. The minimum absolute atomic E-state index is 0. The second-order valence-corrected chi connectivity index (χ2v) is 6.26. The van der Waals surface area contributed by atoms with Gasteiger partial charge in [-0.1, -0.05) is 0 Å². The maximum absolute atomic E-state index is 12.1. The number of carbonyl (C=O) groups is 2. The number of nitrogens with one attached hydrogen (secondary N) is 1. The Morgan fingerprint density at radius 1 is 1.38 bits per heavy atom. The molecule has 0 heterocycles. The summed E-state index contributed by atoms with van der Waals surface area (Å²) in [5, 5.41) is 13.2. The van der Waals surface area contributed by atoms with Crippen LogP contribution in [0.25, 0.3) is 0 Å². The largest absolute Gasteiger partial charge is 0.412 e. The number of methoxy groups -OCH3 is 1. The first-order chi connectivity index (χ1) is 9.58. The molecule has 0 saturated heterocycles. The molecule has 1 atom stereocenters. The van der Waals surface area contributed by atoms with Crippen LogP contribution in [-0.2, 0) is 35.7 Å². The number of ether oxygens (including phenoxy) is 2. The predicted molar refractivity (Wildman–Crippen MR) is 68.5 cm³/mol. The number of rotatable bonds is 8. The number of amides is 1. The molecule has 1 unspecified atom stereocenters. The molecule has 0 aliphatic rings. The summed E-state index contributed by atoms with van der Waals surface area (Å²) in [7, 11) is 1.61. The van der Waals surface area contributed by atoms with Gasteiger partial charge in [0.25, 0.3) is 0 Å². The molecule has 0 bridgehead atoms. The van der Waals surface area contributed by atoms with E-state index in [1.54, 1.807) is 31.4 Å². The molecule has 0 aromatic heterocycles. The maximum atomic E-state index is 12.1. The van der Waals surface area contributed by atoms with Crippen molar-refractivity contribution in [2.75, 3.05) is 20.3 Å². The van der Waals surface area contributed by atoms with Crippen molar-refractivity contribution in [2.24, 2.45) is 0 Å². The SMILES string of the molecule is COC([CH2][Hg])CNC(=O)c1ccccc1OCC(=O)[O-].O. The molecule has 1 aromatic carbocycles. The zero-order chi connectivity index (χ0) is 15.0. The molecule has 0 fully saturated rings. The van der Waals surface area contributed by atoms with Crippen LogP contribution in [0, 0.1) is 0 Å². The third-order valence-corrected chi connectivity index (χ3v) is 5.13. The smallest absolute Gasteiger partial charge is 0.412 e. The molecule has 1 rings (SSSR count).